The molecule has 0 aliphatic heterocycles. The van der Waals surface area contributed by atoms with Crippen LogP contribution in [-0.2, 0) is 0 Å². The Morgan fingerprint density at radius 1 is 0.810 bits per heavy atom. The molecule has 0 bridgehead atoms. The van der Waals surface area contributed by atoms with E-state index >= 15 is 0 Å². The summed E-state index contributed by atoms with van der Waals surface area (Å²) in [7, 11) is 0. The van der Waals surface area contributed by atoms with Gasteiger partial charge in [-0.05, 0) is 23.8 Å². The second kappa shape index (κ2) is 5.41. The van der Waals surface area contributed by atoms with E-state index in [9.17, 15) is 19.5 Å². The topological polar surface area (TPSA) is 125 Å². The van der Waals surface area contributed by atoms with Crippen molar-refractivity contribution in [1.29, 1.82) is 0 Å². The normalized spacial score (nSPS) is 10.1. The second-order valence-electron chi connectivity index (χ2n) is 4.07. The van der Waals surface area contributed by atoms with Crippen molar-refractivity contribution in [3.05, 3.63) is 53.3 Å². The largest absolute Gasteiger partial charge is 0.478 e. The molecule has 0 aliphatic rings. The third kappa shape index (κ3) is 2.71. The maximum Gasteiger partial charge on any atom is 0.355 e. The van der Waals surface area contributed by atoms with Crippen LogP contribution in [0.2, 0.25) is 0 Å². The van der Waals surface area contributed by atoms with E-state index in [0.717, 1.165) is 0 Å². The van der Waals surface area contributed by atoms with Crippen molar-refractivity contribution in [1.82, 2.24) is 4.98 Å². The molecule has 7 heteroatoms. The molecule has 0 amide bonds. The first-order valence-corrected chi connectivity index (χ1v) is 5.71. The number of pyridine rings is 1. The Hall–Kier alpha value is -3.22. The molecule has 0 radical (unpaired) electrons. The Kier molecular flexibility index (Phi) is 3.66. The lowest BCUT2D eigenvalue weighted by Gasteiger charge is -2.08. The van der Waals surface area contributed by atoms with Gasteiger partial charge in [-0.3, -0.25) is 0 Å². The lowest BCUT2D eigenvalue weighted by Crippen LogP contribution is -2.12. The fourth-order valence-electron chi connectivity index (χ4n) is 1.87. The molecule has 2 rings (SSSR count). The number of rotatable bonds is 4. The summed E-state index contributed by atoms with van der Waals surface area (Å²) in [5.41, 5.74) is -0.410. The van der Waals surface area contributed by atoms with Gasteiger partial charge in [0.2, 0.25) is 0 Å². The van der Waals surface area contributed by atoms with Crippen LogP contribution in [0.4, 0.5) is 0 Å². The van der Waals surface area contributed by atoms with Crippen LogP contribution in [0.3, 0.4) is 0 Å². The Bertz CT molecular complexity index is 736. The maximum absolute atomic E-state index is 11.3. The second-order valence-corrected chi connectivity index (χ2v) is 4.07. The molecular formula is C14H9NO6. The van der Waals surface area contributed by atoms with Crippen molar-refractivity contribution in [2.45, 2.75) is 0 Å². The third-order valence-electron chi connectivity index (χ3n) is 2.81. The first-order valence-electron chi connectivity index (χ1n) is 5.71. The summed E-state index contributed by atoms with van der Waals surface area (Å²) in [4.78, 5) is 36.7. The summed E-state index contributed by atoms with van der Waals surface area (Å²) in [6, 6.07) is 6.81. The molecule has 106 valence electrons. The highest BCUT2D eigenvalue weighted by molar-refractivity contribution is 6.05. The van der Waals surface area contributed by atoms with Gasteiger partial charge in [0.15, 0.2) is 5.69 Å². The Morgan fingerprint density at radius 3 is 1.90 bits per heavy atom. The molecule has 1 heterocycles. The van der Waals surface area contributed by atoms with Crippen LogP contribution in [0, 0.1) is 0 Å². The van der Waals surface area contributed by atoms with Crippen molar-refractivity contribution in [2.75, 3.05) is 0 Å². The van der Waals surface area contributed by atoms with Gasteiger partial charge in [-0.2, -0.15) is 0 Å². The zero-order valence-electron chi connectivity index (χ0n) is 10.5. The molecule has 0 spiro atoms. The number of aromatic nitrogens is 1. The summed E-state index contributed by atoms with van der Waals surface area (Å²) in [5, 5.41) is 27.0. The predicted molar refractivity (Wildman–Crippen MR) is 70.6 cm³/mol. The minimum absolute atomic E-state index is 0.0446. The molecule has 2 aromatic rings. The zero-order valence-corrected chi connectivity index (χ0v) is 10.5. The minimum atomic E-state index is -1.45. The van der Waals surface area contributed by atoms with Crippen LogP contribution in [0.15, 0.2) is 36.5 Å². The zero-order chi connectivity index (χ0) is 15.6. The van der Waals surface area contributed by atoms with E-state index in [1.165, 1.54) is 36.5 Å². The van der Waals surface area contributed by atoms with Crippen LogP contribution in [0.1, 0.15) is 31.2 Å². The average molecular weight is 287 g/mol. The smallest absolute Gasteiger partial charge is 0.355 e. The molecule has 0 unspecified atom stereocenters. The van der Waals surface area contributed by atoms with E-state index < -0.39 is 29.2 Å². The van der Waals surface area contributed by atoms with E-state index in [1.807, 2.05) is 0 Å². The Morgan fingerprint density at radius 2 is 1.43 bits per heavy atom. The quantitative estimate of drug-likeness (QED) is 0.783. The van der Waals surface area contributed by atoms with E-state index in [-0.39, 0.29) is 11.1 Å². The Labute approximate surface area is 118 Å². The van der Waals surface area contributed by atoms with Crippen LogP contribution >= 0.6 is 0 Å². The minimum Gasteiger partial charge on any atom is -0.478 e. The van der Waals surface area contributed by atoms with Crippen molar-refractivity contribution < 1.29 is 29.7 Å². The molecule has 3 N–H and O–H groups in total. The monoisotopic (exact) mass is 287 g/mol. The molecule has 7 nitrogen and oxygen atoms in total. The molecule has 0 saturated heterocycles. The number of nitrogens with zero attached hydrogens (tertiary/aromatic N) is 1. The van der Waals surface area contributed by atoms with Gasteiger partial charge in [0.05, 0.1) is 5.56 Å². The first-order chi connectivity index (χ1) is 9.91. The van der Waals surface area contributed by atoms with Crippen LogP contribution in [0.5, 0.6) is 0 Å². The van der Waals surface area contributed by atoms with Gasteiger partial charge in [0, 0.05) is 11.8 Å². The van der Waals surface area contributed by atoms with Gasteiger partial charge in [0.25, 0.3) is 0 Å². The molecule has 1 aromatic heterocycles. The maximum atomic E-state index is 11.3. The van der Waals surface area contributed by atoms with Gasteiger partial charge in [-0.1, -0.05) is 12.1 Å². The van der Waals surface area contributed by atoms with Crippen molar-refractivity contribution in [2.24, 2.45) is 0 Å². The number of hydrogen-bond acceptors (Lipinski definition) is 4. The molecule has 0 aliphatic carbocycles. The van der Waals surface area contributed by atoms with Crippen LogP contribution < -0.4 is 0 Å². The molecule has 0 atom stereocenters. The third-order valence-corrected chi connectivity index (χ3v) is 2.81. The number of carboxylic acid groups (broad SMARTS) is 3. The lowest BCUT2D eigenvalue weighted by atomic mass is 9.98. The van der Waals surface area contributed by atoms with Crippen molar-refractivity contribution >= 4 is 17.9 Å². The number of benzene rings is 1. The van der Waals surface area contributed by atoms with Gasteiger partial charge < -0.3 is 15.3 Å². The lowest BCUT2D eigenvalue weighted by molar-refractivity contribution is 0.0647. The van der Waals surface area contributed by atoms with Crippen molar-refractivity contribution in [3.8, 4) is 11.1 Å². The fourth-order valence-corrected chi connectivity index (χ4v) is 1.87. The molecule has 1 aromatic carbocycles. The molecule has 0 saturated carbocycles. The highest BCUT2D eigenvalue weighted by atomic mass is 16.4. The Balaban J connectivity index is 2.63. The first kappa shape index (κ1) is 14.2. The van der Waals surface area contributed by atoms with E-state index in [2.05, 4.69) is 4.98 Å². The SMILES string of the molecule is O=C(O)c1ccc(-c2ccnc(C(=O)O)c2C(=O)O)cc1. The van der Waals surface area contributed by atoms with Gasteiger partial charge >= 0.3 is 17.9 Å². The summed E-state index contributed by atoms with van der Waals surface area (Å²) in [6.45, 7) is 0. The number of carbonyl (C=O) groups is 3. The van der Waals surface area contributed by atoms with Gasteiger partial charge in [-0.15, -0.1) is 0 Å². The highest BCUT2D eigenvalue weighted by Gasteiger charge is 2.22. The molecular weight excluding hydrogens is 278 g/mol. The fraction of sp³-hybridized carbons (Fsp3) is 0. The molecule has 21 heavy (non-hydrogen) atoms. The van der Waals surface area contributed by atoms with Crippen molar-refractivity contribution in [3.63, 3.8) is 0 Å². The summed E-state index contributed by atoms with van der Waals surface area (Å²) in [5.74, 6) is -3.98. The summed E-state index contributed by atoms with van der Waals surface area (Å²) < 4.78 is 0. The molecule has 0 fully saturated rings. The van der Waals surface area contributed by atoms with E-state index in [1.54, 1.807) is 0 Å². The number of carboxylic acids is 3. The average Bonchev–Trinajstić information content (AvgIpc) is 2.46. The summed E-state index contributed by atoms with van der Waals surface area (Å²) >= 11 is 0. The van der Waals surface area contributed by atoms with E-state index in [4.69, 9.17) is 10.2 Å². The predicted octanol–water partition coefficient (Wildman–Crippen LogP) is 1.84. The van der Waals surface area contributed by atoms with Gasteiger partial charge in [-0.25, -0.2) is 19.4 Å². The van der Waals surface area contributed by atoms with Crippen LogP contribution in [0.25, 0.3) is 11.1 Å². The summed E-state index contributed by atoms with van der Waals surface area (Å²) in [6.07, 6.45) is 1.19. The van der Waals surface area contributed by atoms with Gasteiger partial charge in [0.1, 0.15) is 5.56 Å². The number of hydrogen-bond donors (Lipinski definition) is 3. The number of aromatic carboxylic acids is 3. The van der Waals surface area contributed by atoms with E-state index in [0.29, 0.717) is 5.56 Å². The van der Waals surface area contributed by atoms with Crippen LogP contribution in [-0.4, -0.2) is 38.2 Å². The standard InChI is InChI=1S/C14H9NO6/c16-12(17)8-3-1-7(2-4-8)9-5-6-15-11(14(20)21)10(9)13(18)19/h1-6H,(H,16,17)(H,18,19)(H,20,21). The highest BCUT2D eigenvalue weighted by Crippen LogP contribution is 2.26.